The van der Waals surface area contributed by atoms with Crippen LogP contribution in [0.15, 0.2) is 60.7 Å². The van der Waals surface area contributed by atoms with E-state index in [1.807, 2.05) is 60.7 Å². The summed E-state index contributed by atoms with van der Waals surface area (Å²) in [6, 6.07) is 18.9. The number of carbonyl (C=O) groups excluding carboxylic acids is 1. The van der Waals surface area contributed by atoms with Gasteiger partial charge in [-0.2, -0.15) is 0 Å². The fraction of sp³-hybridized carbons (Fsp3) is 0.208. The largest absolute Gasteiger partial charge is 0.497 e. The van der Waals surface area contributed by atoms with Crippen molar-refractivity contribution in [2.45, 2.75) is 12.7 Å². The molecule has 7 heteroatoms. The van der Waals surface area contributed by atoms with Crippen molar-refractivity contribution in [3.05, 3.63) is 77.4 Å². The average molecular weight is 418 g/mol. The Morgan fingerprint density at radius 1 is 1.00 bits per heavy atom. The second-order valence-corrected chi connectivity index (χ2v) is 7.32. The van der Waals surface area contributed by atoms with Gasteiger partial charge in [-0.15, -0.1) is 0 Å². The molecule has 1 amide bonds. The molecule has 0 bridgehead atoms. The molecule has 31 heavy (non-hydrogen) atoms. The van der Waals surface area contributed by atoms with E-state index in [4.69, 9.17) is 18.9 Å². The Morgan fingerprint density at radius 3 is 2.68 bits per heavy atom. The lowest BCUT2D eigenvalue weighted by atomic mass is 10.0. The predicted octanol–water partition coefficient (Wildman–Crippen LogP) is 4.20. The number of anilines is 1. The highest BCUT2D eigenvalue weighted by molar-refractivity contribution is 6.01. The molecule has 0 aliphatic carbocycles. The zero-order valence-electron chi connectivity index (χ0n) is 17.3. The Balaban J connectivity index is 1.57. The molecule has 0 fully saturated rings. The van der Waals surface area contributed by atoms with Gasteiger partial charge >= 0.3 is 0 Å². The molecule has 3 aromatic rings. The molecule has 1 N–H and O–H groups in total. The minimum absolute atomic E-state index is 0.0603. The summed E-state index contributed by atoms with van der Waals surface area (Å²) < 4.78 is 21.9. The van der Waals surface area contributed by atoms with Crippen molar-refractivity contribution in [1.82, 2.24) is 4.90 Å². The van der Waals surface area contributed by atoms with E-state index >= 15 is 0 Å². The van der Waals surface area contributed by atoms with Crippen LogP contribution in [0.25, 0.3) is 0 Å². The molecule has 1 atom stereocenters. The monoisotopic (exact) mass is 418 g/mol. The molecule has 2 aliphatic heterocycles. The summed E-state index contributed by atoms with van der Waals surface area (Å²) in [5, 5.41) is 3.51. The number of amides is 1. The smallest absolute Gasteiger partial charge is 0.258 e. The van der Waals surface area contributed by atoms with E-state index in [9.17, 15) is 4.79 Å². The first-order chi connectivity index (χ1) is 15.2. The third-order valence-corrected chi connectivity index (χ3v) is 5.55. The SMILES string of the molecule is COc1ccc([C@H]2Nc3ccccc3C(=O)N2Cc2ccc3c(c2)OCO3)c(OC)c1. The summed E-state index contributed by atoms with van der Waals surface area (Å²) >= 11 is 0. The summed E-state index contributed by atoms with van der Waals surface area (Å²) in [6.07, 6.45) is -0.423. The molecule has 0 saturated heterocycles. The zero-order valence-corrected chi connectivity index (χ0v) is 17.3. The molecule has 5 rings (SSSR count). The van der Waals surface area contributed by atoms with Crippen molar-refractivity contribution in [1.29, 1.82) is 0 Å². The highest BCUT2D eigenvalue weighted by Gasteiger charge is 2.34. The van der Waals surface area contributed by atoms with E-state index in [1.54, 1.807) is 19.1 Å². The minimum atomic E-state index is -0.423. The molecule has 0 saturated carbocycles. The highest BCUT2D eigenvalue weighted by Crippen LogP contribution is 2.40. The Morgan fingerprint density at radius 2 is 1.84 bits per heavy atom. The van der Waals surface area contributed by atoms with E-state index in [0.717, 1.165) is 16.8 Å². The van der Waals surface area contributed by atoms with E-state index in [-0.39, 0.29) is 12.7 Å². The van der Waals surface area contributed by atoms with Gasteiger partial charge in [-0.05, 0) is 42.0 Å². The van der Waals surface area contributed by atoms with Crippen LogP contribution < -0.4 is 24.3 Å². The summed E-state index contributed by atoms with van der Waals surface area (Å²) in [5.74, 6) is 2.67. The van der Waals surface area contributed by atoms with Gasteiger partial charge < -0.3 is 29.2 Å². The number of nitrogens with one attached hydrogen (secondary N) is 1. The molecular weight excluding hydrogens is 396 g/mol. The average Bonchev–Trinajstić information content (AvgIpc) is 3.28. The maximum absolute atomic E-state index is 13.5. The van der Waals surface area contributed by atoms with Crippen molar-refractivity contribution < 1.29 is 23.7 Å². The second-order valence-electron chi connectivity index (χ2n) is 7.32. The summed E-state index contributed by atoms with van der Waals surface area (Å²) in [4.78, 5) is 15.3. The lowest BCUT2D eigenvalue weighted by Gasteiger charge is -2.38. The molecule has 7 nitrogen and oxygen atoms in total. The maximum atomic E-state index is 13.5. The molecular formula is C24H22N2O5. The Hall–Kier alpha value is -3.87. The summed E-state index contributed by atoms with van der Waals surface area (Å²) in [7, 11) is 3.22. The van der Waals surface area contributed by atoms with Gasteiger partial charge in [-0.1, -0.05) is 18.2 Å². The fourth-order valence-corrected chi connectivity index (χ4v) is 3.98. The van der Waals surface area contributed by atoms with Crippen molar-refractivity contribution in [3.8, 4) is 23.0 Å². The third-order valence-electron chi connectivity index (χ3n) is 5.55. The first-order valence-corrected chi connectivity index (χ1v) is 9.95. The number of ether oxygens (including phenoxy) is 4. The Labute approximate surface area is 180 Å². The molecule has 3 aromatic carbocycles. The molecule has 0 radical (unpaired) electrons. The number of hydrogen-bond donors (Lipinski definition) is 1. The van der Waals surface area contributed by atoms with E-state index < -0.39 is 6.17 Å². The van der Waals surface area contributed by atoms with Crippen LogP contribution in [-0.2, 0) is 6.54 Å². The van der Waals surface area contributed by atoms with Crippen LogP contribution in [0.5, 0.6) is 23.0 Å². The molecule has 2 heterocycles. The number of para-hydroxylation sites is 1. The van der Waals surface area contributed by atoms with E-state index in [0.29, 0.717) is 35.1 Å². The van der Waals surface area contributed by atoms with Crippen LogP contribution in [0.2, 0.25) is 0 Å². The molecule has 0 spiro atoms. The van der Waals surface area contributed by atoms with Gasteiger partial charge in [0.25, 0.3) is 5.91 Å². The second kappa shape index (κ2) is 7.75. The Kier molecular flexibility index (Phi) is 4.78. The van der Waals surface area contributed by atoms with Gasteiger partial charge in [-0.25, -0.2) is 0 Å². The van der Waals surface area contributed by atoms with E-state index in [2.05, 4.69) is 5.32 Å². The highest BCUT2D eigenvalue weighted by atomic mass is 16.7. The lowest BCUT2D eigenvalue weighted by molar-refractivity contribution is 0.0664. The molecule has 2 aliphatic rings. The van der Waals surface area contributed by atoms with Crippen LogP contribution in [0.1, 0.15) is 27.7 Å². The normalized spacial score (nSPS) is 16.5. The quantitative estimate of drug-likeness (QED) is 0.670. The standard InChI is InChI=1S/C24H22N2O5/c1-28-16-8-9-18(21(12-16)29-2)23-25-19-6-4-3-5-17(19)24(27)26(23)13-15-7-10-20-22(11-15)31-14-30-20/h3-12,23,25H,13-14H2,1-2H3/t23-/m0/s1. The van der Waals surface area contributed by atoms with Crippen LogP contribution in [-0.4, -0.2) is 31.8 Å². The number of fused-ring (bicyclic) bond motifs is 2. The number of nitrogens with zero attached hydrogens (tertiary/aromatic N) is 1. The van der Waals surface area contributed by atoms with Gasteiger partial charge in [0.1, 0.15) is 17.7 Å². The van der Waals surface area contributed by atoms with Crippen molar-refractivity contribution in [3.63, 3.8) is 0 Å². The van der Waals surface area contributed by atoms with Crippen LogP contribution >= 0.6 is 0 Å². The zero-order chi connectivity index (χ0) is 21.4. The maximum Gasteiger partial charge on any atom is 0.258 e. The fourth-order valence-electron chi connectivity index (χ4n) is 3.98. The van der Waals surface area contributed by atoms with Crippen LogP contribution in [0.4, 0.5) is 5.69 Å². The number of hydrogen-bond acceptors (Lipinski definition) is 6. The number of benzene rings is 3. The Bertz CT molecular complexity index is 1150. The first kappa shape index (κ1) is 19.1. The van der Waals surface area contributed by atoms with Crippen molar-refractivity contribution >= 4 is 11.6 Å². The number of methoxy groups -OCH3 is 2. The van der Waals surface area contributed by atoms with Crippen LogP contribution in [0.3, 0.4) is 0 Å². The van der Waals surface area contributed by atoms with Gasteiger partial charge in [0.2, 0.25) is 6.79 Å². The predicted molar refractivity (Wildman–Crippen MR) is 115 cm³/mol. The lowest BCUT2D eigenvalue weighted by Crippen LogP contribution is -2.42. The van der Waals surface area contributed by atoms with Gasteiger partial charge in [0, 0.05) is 23.9 Å². The van der Waals surface area contributed by atoms with Crippen molar-refractivity contribution in [2.75, 3.05) is 26.3 Å². The topological polar surface area (TPSA) is 69.3 Å². The van der Waals surface area contributed by atoms with Gasteiger partial charge in [0.05, 0.1) is 19.8 Å². The molecule has 0 unspecified atom stereocenters. The first-order valence-electron chi connectivity index (χ1n) is 9.95. The summed E-state index contributed by atoms with van der Waals surface area (Å²) in [5.41, 5.74) is 3.20. The minimum Gasteiger partial charge on any atom is -0.497 e. The van der Waals surface area contributed by atoms with Gasteiger partial charge in [-0.3, -0.25) is 4.79 Å². The molecule has 0 aromatic heterocycles. The van der Waals surface area contributed by atoms with Gasteiger partial charge in [0.15, 0.2) is 11.5 Å². The molecule has 158 valence electrons. The number of rotatable bonds is 5. The third kappa shape index (κ3) is 3.38. The van der Waals surface area contributed by atoms with Crippen LogP contribution in [0, 0.1) is 0 Å². The summed E-state index contributed by atoms with van der Waals surface area (Å²) in [6.45, 7) is 0.596. The van der Waals surface area contributed by atoms with Crippen molar-refractivity contribution in [2.24, 2.45) is 0 Å². The number of carbonyl (C=O) groups is 1. The van der Waals surface area contributed by atoms with E-state index in [1.165, 1.54) is 0 Å².